The van der Waals surface area contributed by atoms with Crippen LogP contribution in [0.3, 0.4) is 0 Å². The summed E-state index contributed by atoms with van der Waals surface area (Å²) >= 11 is 0. The molecule has 1 N–H and O–H groups in total. The van der Waals surface area contributed by atoms with Crippen LogP contribution < -0.4 is 0 Å². The van der Waals surface area contributed by atoms with Crippen LogP contribution in [0.25, 0.3) is 5.76 Å². The van der Waals surface area contributed by atoms with Gasteiger partial charge in [0.1, 0.15) is 5.76 Å². The number of Topliss-reactive ketones (excluding diaryl/α,β-unsaturated/α-hetero) is 2. The predicted molar refractivity (Wildman–Crippen MR) is 119 cm³/mol. The second-order valence-electron chi connectivity index (χ2n) is 8.38. The Morgan fingerprint density at radius 2 is 1.88 bits per heavy atom. The van der Waals surface area contributed by atoms with E-state index in [0.29, 0.717) is 23.4 Å². The van der Waals surface area contributed by atoms with Crippen molar-refractivity contribution >= 4 is 33.1 Å². The van der Waals surface area contributed by atoms with Crippen LogP contribution in [-0.2, 0) is 24.2 Å². The van der Waals surface area contributed by atoms with E-state index >= 15 is 0 Å². The summed E-state index contributed by atoms with van der Waals surface area (Å²) in [6, 6.07) is 5.87. The van der Waals surface area contributed by atoms with Crippen LogP contribution in [0.2, 0.25) is 0 Å². The normalized spacial score (nSPS) is 20.6. The fourth-order valence-corrected chi connectivity index (χ4v) is 6.50. The van der Waals surface area contributed by atoms with Crippen molar-refractivity contribution in [1.29, 1.82) is 0 Å². The highest BCUT2D eigenvalue weighted by Crippen LogP contribution is 2.41. The molecule has 1 aromatic heterocycles. The average Bonchev–Trinajstić information content (AvgIpc) is 3.29. The van der Waals surface area contributed by atoms with Gasteiger partial charge in [0, 0.05) is 28.3 Å². The van der Waals surface area contributed by atoms with Gasteiger partial charge in [-0.25, -0.2) is 8.42 Å². The standard InChI is InChI=1S/C23H24N2O7S/c1-12-19(13(2)25(24-12)14-8-9-33(30,31)11-14)17(10-18(26)32-3)20-21(27)15-6-4-5-7-16(15)22(28)23(20)29/h4-7,14,17,27H,8-11H2,1-3H3/t14-,17+/m0/s1. The molecule has 0 unspecified atom stereocenters. The molecule has 10 heteroatoms. The maximum Gasteiger partial charge on any atom is 0.306 e. The van der Waals surface area contributed by atoms with Crippen LogP contribution in [0.15, 0.2) is 29.8 Å². The third-order valence-electron chi connectivity index (χ3n) is 6.36. The smallest absolute Gasteiger partial charge is 0.306 e. The molecule has 33 heavy (non-hydrogen) atoms. The van der Waals surface area contributed by atoms with Crippen molar-refractivity contribution in [1.82, 2.24) is 9.78 Å². The number of methoxy groups -OCH3 is 1. The van der Waals surface area contributed by atoms with Crippen LogP contribution in [0.1, 0.15) is 57.7 Å². The molecule has 0 bridgehead atoms. The number of hydrogen-bond acceptors (Lipinski definition) is 8. The Kier molecular flexibility index (Phi) is 5.73. The number of aromatic nitrogens is 2. The minimum Gasteiger partial charge on any atom is -0.507 e. The summed E-state index contributed by atoms with van der Waals surface area (Å²) in [5.74, 6) is -3.63. The van der Waals surface area contributed by atoms with Gasteiger partial charge in [-0.05, 0) is 20.3 Å². The lowest BCUT2D eigenvalue weighted by molar-refractivity contribution is -0.140. The zero-order valence-corrected chi connectivity index (χ0v) is 19.3. The Morgan fingerprint density at radius 3 is 2.48 bits per heavy atom. The maximum absolute atomic E-state index is 13.1. The molecule has 2 heterocycles. The van der Waals surface area contributed by atoms with Crippen molar-refractivity contribution in [2.75, 3.05) is 18.6 Å². The van der Waals surface area contributed by atoms with Crippen molar-refractivity contribution in [3.05, 3.63) is 57.9 Å². The molecular formula is C23H24N2O7S. The van der Waals surface area contributed by atoms with E-state index in [-0.39, 0.29) is 46.4 Å². The van der Waals surface area contributed by atoms with Gasteiger partial charge in [0.25, 0.3) is 0 Å². The van der Waals surface area contributed by atoms with Gasteiger partial charge in [-0.3, -0.25) is 19.1 Å². The number of aliphatic hydroxyl groups is 1. The number of esters is 1. The van der Waals surface area contributed by atoms with Crippen molar-refractivity contribution in [2.45, 2.75) is 38.6 Å². The number of carbonyl (C=O) groups excluding carboxylic acids is 3. The molecule has 2 aromatic rings. The molecular weight excluding hydrogens is 448 g/mol. The molecule has 1 aromatic carbocycles. The molecule has 174 valence electrons. The Balaban J connectivity index is 1.89. The minimum atomic E-state index is -3.17. The number of aryl methyl sites for hydroxylation is 1. The van der Waals surface area contributed by atoms with Gasteiger partial charge in [0.15, 0.2) is 9.84 Å². The Morgan fingerprint density at radius 1 is 1.21 bits per heavy atom. The molecule has 1 saturated heterocycles. The maximum atomic E-state index is 13.1. The molecule has 0 spiro atoms. The SMILES string of the molecule is COC(=O)C[C@@H](C1=C(O)c2ccccc2C(=O)C1=O)c1c(C)nn([C@H]2CCS(=O)(=O)C2)c1C. The van der Waals surface area contributed by atoms with E-state index < -0.39 is 33.3 Å². The Labute approximate surface area is 191 Å². The number of rotatable bonds is 5. The van der Waals surface area contributed by atoms with E-state index in [2.05, 4.69) is 5.10 Å². The van der Waals surface area contributed by atoms with Crippen LogP contribution in [0.4, 0.5) is 0 Å². The van der Waals surface area contributed by atoms with Crippen molar-refractivity contribution in [3.8, 4) is 0 Å². The molecule has 2 aliphatic rings. The van der Waals surface area contributed by atoms with Crippen LogP contribution >= 0.6 is 0 Å². The number of benzene rings is 1. The zero-order chi connectivity index (χ0) is 24.1. The van der Waals surface area contributed by atoms with Gasteiger partial charge >= 0.3 is 5.97 Å². The first kappa shape index (κ1) is 22.9. The quantitative estimate of drug-likeness (QED) is 0.517. The predicted octanol–water partition coefficient (Wildman–Crippen LogP) is 2.24. The molecule has 2 atom stereocenters. The fourth-order valence-electron chi connectivity index (χ4n) is 4.81. The highest BCUT2D eigenvalue weighted by Gasteiger charge is 2.41. The number of fused-ring (bicyclic) bond motifs is 1. The number of nitrogens with zero attached hydrogens (tertiary/aromatic N) is 2. The van der Waals surface area contributed by atoms with Gasteiger partial charge < -0.3 is 9.84 Å². The number of ketones is 2. The van der Waals surface area contributed by atoms with Gasteiger partial charge in [-0.2, -0.15) is 5.10 Å². The summed E-state index contributed by atoms with van der Waals surface area (Å²) in [6.45, 7) is 3.42. The first-order valence-electron chi connectivity index (χ1n) is 10.5. The van der Waals surface area contributed by atoms with E-state index in [4.69, 9.17) is 4.74 Å². The summed E-state index contributed by atoms with van der Waals surface area (Å²) < 4.78 is 30.4. The number of sulfone groups is 1. The van der Waals surface area contributed by atoms with Gasteiger partial charge in [0.2, 0.25) is 11.6 Å². The van der Waals surface area contributed by atoms with Gasteiger partial charge in [0.05, 0.1) is 42.3 Å². The van der Waals surface area contributed by atoms with Crippen molar-refractivity contribution in [2.24, 2.45) is 0 Å². The van der Waals surface area contributed by atoms with E-state index in [1.54, 1.807) is 30.7 Å². The summed E-state index contributed by atoms with van der Waals surface area (Å²) in [4.78, 5) is 38.3. The lowest BCUT2D eigenvalue weighted by Gasteiger charge is -2.25. The van der Waals surface area contributed by atoms with E-state index in [9.17, 15) is 27.9 Å². The van der Waals surface area contributed by atoms with Gasteiger partial charge in [-0.15, -0.1) is 0 Å². The fraction of sp³-hybridized carbons (Fsp3) is 0.391. The molecule has 4 rings (SSSR count). The number of allylic oxidation sites excluding steroid dienone is 1. The van der Waals surface area contributed by atoms with E-state index in [1.807, 2.05) is 0 Å². The highest BCUT2D eigenvalue weighted by atomic mass is 32.2. The van der Waals surface area contributed by atoms with Crippen molar-refractivity contribution in [3.63, 3.8) is 0 Å². The molecule has 9 nitrogen and oxygen atoms in total. The van der Waals surface area contributed by atoms with Gasteiger partial charge in [-0.1, -0.05) is 24.3 Å². The third-order valence-corrected chi connectivity index (χ3v) is 8.11. The number of aliphatic hydroxyl groups excluding tert-OH is 1. The third kappa shape index (κ3) is 3.88. The van der Waals surface area contributed by atoms with Crippen LogP contribution in [0, 0.1) is 13.8 Å². The zero-order valence-electron chi connectivity index (χ0n) is 18.5. The number of ether oxygens (including phenoxy) is 1. The van der Waals surface area contributed by atoms with Crippen LogP contribution in [0.5, 0.6) is 0 Å². The summed E-state index contributed by atoms with van der Waals surface area (Å²) in [5.41, 5.74) is 1.67. The first-order valence-corrected chi connectivity index (χ1v) is 12.3. The number of hydrogen-bond donors (Lipinski definition) is 1. The lowest BCUT2D eigenvalue weighted by atomic mass is 9.77. The topological polar surface area (TPSA) is 133 Å². The van der Waals surface area contributed by atoms with Crippen LogP contribution in [-0.4, -0.2) is 59.5 Å². The van der Waals surface area contributed by atoms with Crippen molar-refractivity contribution < 1.29 is 32.6 Å². The van der Waals surface area contributed by atoms with E-state index in [1.165, 1.54) is 19.2 Å². The monoisotopic (exact) mass is 472 g/mol. The summed E-state index contributed by atoms with van der Waals surface area (Å²) in [6.07, 6.45) is 0.109. The summed E-state index contributed by atoms with van der Waals surface area (Å²) in [5, 5.41) is 15.6. The van der Waals surface area contributed by atoms with E-state index in [0.717, 1.165) is 0 Å². The minimum absolute atomic E-state index is 0.0468. The number of carbonyl (C=O) groups is 3. The highest BCUT2D eigenvalue weighted by molar-refractivity contribution is 7.91. The first-order chi connectivity index (χ1) is 15.6. The molecule has 1 fully saturated rings. The molecule has 0 radical (unpaired) electrons. The largest absolute Gasteiger partial charge is 0.507 e. The molecule has 0 saturated carbocycles. The Bertz CT molecular complexity index is 1320. The molecule has 1 aliphatic heterocycles. The lowest BCUT2D eigenvalue weighted by Crippen LogP contribution is -2.29. The molecule has 0 amide bonds. The average molecular weight is 473 g/mol. The Hall–Kier alpha value is -3.27. The summed E-state index contributed by atoms with van der Waals surface area (Å²) in [7, 11) is -1.96. The second kappa shape index (κ2) is 8.26. The second-order valence-corrected chi connectivity index (χ2v) is 10.6. The molecule has 1 aliphatic carbocycles.